The first-order chi connectivity index (χ1) is 17.6. The van der Waals surface area contributed by atoms with Crippen molar-refractivity contribution in [2.75, 3.05) is 0 Å². The molecule has 6 rings (SSSR count). The maximum absolute atomic E-state index is 13.7. The molecule has 0 bridgehead atoms. The minimum absolute atomic E-state index is 0.0803. The largest absolute Gasteiger partial charge is 0.457 e. The van der Waals surface area contributed by atoms with Crippen molar-refractivity contribution in [2.45, 2.75) is 33.2 Å². The molecule has 7 heteroatoms. The molecule has 0 aliphatic rings. The molecule has 3 heterocycles. The van der Waals surface area contributed by atoms with Crippen LogP contribution in [0.25, 0.3) is 38.9 Å². The lowest BCUT2D eigenvalue weighted by Gasteiger charge is -2.11. The van der Waals surface area contributed by atoms with Gasteiger partial charge in [-0.05, 0) is 61.9 Å². The predicted molar refractivity (Wildman–Crippen MR) is 142 cm³/mol. The maximum Gasteiger partial charge on any atom is 0.265 e. The van der Waals surface area contributed by atoms with E-state index in [1.165, 1.54) is 0 Å². The molecule has 0 spiro atoms. The van der Waals surface area contributed by atoms with Gasteiger partial charge in [0, 0.05) is 12.2 Å². The average molecular weight is 476 g/mol. The number of fused-ring (bicyclic) bond motifs is 4. The molecular weight excluding hydrogens is 450 g/mol. The van der Waals surface area contributed by atoms with Crippen molar-refractivity contribution >= 4 is 33.2 Å². The van der Waals surface area contributed by atoms with Gasteiger partial charge in [-0.15, -0.1) is 0 Å². The van der Waals surface area contributed by atoms with Crippen LogP contribution in [0.5, 0.6) is 11.5 Å². The molecule has 0 fully saturated rings. The van der Waals surface area contributed by atoms with Crippen LogP contribution in [0, 0.1) is 6.92 Å². The van der Waals surface area contributed by atoms with Crippen LogP contribution in [-0.2, 0) is 6.54 Å². The zero-order chi connectivity index (χ0) is 24.6. The zero-order valence-electron chi connectivity index (χ0n) is 20.2. The summed E-state index contributed by atoms with van der Waals surface area (Å²) in [6.07, 6.45) is 1.90. The van der Waals surface area contributed by atoms with Gasteiger partial charge in [-0.25, -0.2) is 15.0 Å². The molecule has 0 unspecified atom stereocenters. The smallest absolute Gasteiger partial charge is 0.265 e. The Balaban J connectivity index is 1.58. The summed E-state index contributed by atoms with van der Waals surface area (Å²) in [4.78, 5) is 28.4. The Morgan fingerprint density at radius 1 is 0.778 bits per heavy atom. The molecule has 0 amide bonds. The number of nitrogens with zero attached hydrogens (tertiary/aromatic N) is 5. The monoisotopic (exact) mass is 475 g/mol. The Kier molecular flexibility index (Phi) is 5.45. The summed E-state index contributed by atoms with van der Waals surface area (Å²) in [5.41, 5.74) is 4.00. The third-order valence-electron chi connectivity index (χ3n) is 6.36. The van der Waals surface area contributed by atoms with Gasteiger partial charge >= 0.3 is 0 Å². The molecule has 0 saturated carbocycles. The topological polar surface area (TPSA) is 74.8 Å². The Hall–Kier alpha value is -4.52. The first-order valence-corrected chi connectivity index (χ1v) is 12.2. The standard InChI is InChI=1S/C29H25N5O2/c1-3-4-18-33-19(2)30-27-25(29(33)35)26-28(32-24-13-9-8-12-23(24)31-26)34(27)20-14-16-22(17-15-20)36-21-10-6-5-7-11-21/h5-17H,3-4,18H2,1-2H3. The number of aryl methyl sites for hydroxylation is 1. The summed E-state index contributed by atoms with van der Waals surface area (Å²) < 4.78 is 9.65. The quantitative estimate of drug-likeness (QED) is 0.287. The number of hydrogen-bond acceptors (Lipinski definition) is 5. The number of rotatable bonds is 6. The van der Waals surface area contributed by atoms with Crippen LogP contribution >= 0.6 is 0 Å². The summed E-state index contributed by atoms with van der Waals surface area (Å²) in [6.45, 7) is 4.62. The van der Waals surface area contributed by atoms with Crippen molar-refractivity contribution in [2.24, 2.45) is 0 Å². The van der Waals surface area contributed by atoms with Gasteiger partial charge in [0.15, 0.2) is 11.3 Å². The highest BCUT2D eigenvalue weighted by Gasteiger charge is 2.22. The molecule has 0 atom stereocenters. The first kappa shape index (κ1) is 22.0. The van der Waals surface area contributed by atoms with Gasteiger partial charge in [0.1, 0.15) is 28.2 Å². The Labute approximate surface area is 207 Å². The molecule has 36 heavy (non-hydrogen) atoms. The normalized spacial score (nSPS) is 11.5. The molecule has 3 aromatic heterocycles. The Morgan fingerprint density at radius 3 is 2.17 bits per heavy atom. The van der Waals surface area contributed by atoms with Crippen LogP contribution in [0.1, 0.15) is 25.6 Å². The number of ether oxygens (including phenoxy) is 1. The average Bonchev–Trinajstić information content (AvgIpc) is 3.21. The fourth-order valence-electron chi connectivity index (χ4n) is 4.54. The summed E-state index contributed by atoms with van der Waals surface area (Å²) in [7, 11) is 0. The van der Waals surface area contributed by atoms with Gasteiger partial charge in [-0.3, -0.25) is 13.9 Å². The number of unbranched alkanes of at least 4 members (excludes halogenated alkanes) is 1. The molecule has 0 radical (unpaired) electrons. The molecule has 0 aliphatic heterocycles. The van der Waals surface area contributed by atoms with Crippen molar-refractivity contribution < 1.29 is 4.74 Å². The second kappa shape index (κ2) is 8.92. The van der Waals surface area contributed by atoms with Gasteiger partial charge in [-0.1, -0.05) is 43.7 Å². The van der Waals surface area contributed by atoms with Crippen molar-refractivity contribution in [3.05, 3.63) is 95.0 Å². The van der Waals surface area contributed by atoms with Crippen molar-refractivity contribution in [1.29, 1.82) is 0 Å². The highest BCUT2D eigenvalue weighted by atomic mass is 16.5. The minimum Gasteiger partial charge on any atom is -0.457 e. The SMILES string of the molecule is CCCCn1c(C)nc2c(c1=O)c1nc3ccccc3nc1n2-c1ccc(Oc2ccccc2)cc1. The summed E-state index contributed by atoms with van der Waals surface area (Å²) >= 11 is 0. The van der Waals surface area contributed by atoms with E-state index >= 15 is 0 Å². The van der Waals surface area contributed by atoms with Crippen molar-refractivity contribution in [1.82, 2.24) is 24.1 Å². The highest BCUT2D eigenvalue weighted by Crippen LogP contribution is 2.30. The van der Waals surface area contributed by atoms with Gasteiger partial charge in [0.2, 0.25) is 0 Å². The first-order valence-electron chi connectivity index (χ1n) is 12.2. The molecule has 6 aromatic rings. The lowest BCUT2D eigenvalue weighted by molar-refractivity contribution is 0.482. The lowest BCUT2D eigenvalue weighted by atomic mass is 10.2. The second-order valence-corrected chi connectivity index (χ2v) is 8.80. The van der Waals surface area contributed by atoms with Gasteiger partial charge in [0.25, 0.3) is 5.56 Å². The van der Waals surface area contributed by atoms with Crippen LogP contribution in [-0.4, -0.2) is 24.1 Å². The van der Waals surface area contributed by atoms with Gasteiger partial charge < -0.3 is 4.74 Å². The van der Waals surface area contributed by atoms with E-state index in [9.17, 15) is 4.79 Å². The summed E-state index contributed by atoms with van der Waals surface area (Å²) in [5, 5.41) is 0.495. The van der Waals surface area contributed by atoms with E-state index in [2.05, 4.69) is 6.92 Å². The Bertz CT molecular complexity index is 1770. The van der Waals surface area contributed by atoms with Crippen LogP contribution in [0.15, 0.2) is 83.7 Å². The molecule has 7 nitrogen and oxygen atoms in total. The molecule has 3 aromatic carbocycles. The number of benzene rings is 3. The third kappa shape index (κ3) is 3.69. The van der Waals surface area contributed by atoms with Gasteiger partial charge in [-0.2, -0.15) is 0 Å². The fourth-order valence-corrected chi connectivity index (χ4v) is 4.54. The molecule has 0 aliphatic carbocycles. The van der Waals surface area contributed by atoms with Crippen LogP contribution in [0.3, 0.4) is 0 Å². The van der Waals surface area contributed by atoms with E-state index in [0.717, 1.165) is 35.3 Å². The summed E-state index contributed by atoms with van der Waals surface area (Å²) in [5.74, 6) is 2.16. The zero-order valence-corrected chi connectivity index (χ0v) is 20.2. The van der Waals surface area contributed by atoms with E-state index in [1.807, 2.05) is 90.4 Å². The van der Waals surface area contributed by atoms with E-state index < -0.39 is 0 Å². The summed E-state index contributed by atoms with van der Waals surface area (Å²) in [6, 6.07) is 25.1. The van der Waals surface area contributed by atoms with E-state index in [-0.39, 0.29) is 5.56 Å². The number of para-hydroxylation sites is 3. The van der Waals surface area contributed by atoms with E-state index in [0.29, 0.717) is 40.3 Å². The van der Waals surface area contributed by atoms with E-state index in [1.54, 1.807) is 4.57 Å². The van der Waals surface area contributed by atoms with Crippen LogP contribution in [0.2, 0.25) is 0 Å². The fraction of sp³-hybridized carbons (Fsp3) is 0.172. The highest BCUT2D eigenvalue weighted by molar-refractivity contribution is 6.05. The van der Waals surface area contributed by atoms with Crippen LogP contribution < -0.4 is 10.3 Å². The molecule has 178 valence electrons. The molecular formula is C29H25N5O2. The predicted octanol–water partition coefficient (Wildman–Crippen LogP) is 6.18. The Morgan fingerprint density at radius 2 is 1.44 bits per heavy atom. The molecule has 0 N–H and O–H groups in total. The van der Waals surface area contributed by atoms with Crippen molar-refractivity contribution in [3.63, 3.8) is 0 Å². The maximum atomic E-state index is 13.7. The molecule has 0 saturated heterocycles. The van der Waals surface area contributed by atoms with Crippen molar-refractivity contribution in [3.8, 4) is 17.2 Å². The third-order valence-corrected chi connectivity index (χ3v) is 6.36. The van der Waals surface area contributed by atoms with Gasteiger partial charge in [0.05, 0.1) is 11.0 Å². The number of hydrogen-bond donors (Lipinski definition) is 0. The second-order valence-electron chi connectivity index (χ2n) is 8.80. The van der Waals surface area contributed by atoms with E-state index in [4.69, 9.17) is 19.7 Å². The lowest BCUT2D eigenvalue weighted by Crippen LogP contribution is -2.24. The van der Waals surface area contributed by atoms with Crippen LogP contribution in [0.4, 0.5) is 0 Å². The number of aromatic nitrogens is 5. The minimum atomic E-state index is -0.0803.